The molecule has 0 radical (unpaired) electrons. The summed E-state index contributed by atoms with van der Waals surface area (Å²) in [7, 11) is 0.977. The van der Waals surface area contributed by atoms with Crippen molar-refractivity contribution in [3.05, 3.63) is 22.2 Å². The fourth-order valence-electron chi connectivity index (χ4n) is 0.863. The van der Waals surface area contributed by atoms with Crippen LogP contribution in [-0.2, 0) is 0 Å². The lowest BCUT2D eigenvalue weighted by Crippen LogP contribution is -1.61. The van der Waals surface area contributed by atoms with E-state index in [2.05, 4.69) is 26.8 Å². The maximum Gasteiger partial charge on any atom is -0.0312 e. The predicted molar refractivity (Wildman–Crippen MR) is 40.2 cm³/mol. The van der Waals surface area contributed by atoms with Crippen LogP contribution in [0.5, 0.6) is 0 Å². The van der Waals surface area contributed by atoms with Crippen molar-refractivity contribution in [1.29, 1.82) is 0 Å². The molecule has 0 aromatic carbocycles. The normalized spacial score (nSPS) is 10.9. The van der Waals surface area contributed by atoms with Crippen LogP contribution in [0.4, 0.5) is 0 Å². The highest BCUT2D eigenvalue weighted by atomic mass is 31.0. The van der Waals surface area contributed by atoms with Crippen molar-refractivity contribution < 1.29 is 0 Å². The van der Waals surface area contributed by atoms with Crippen molar-refractivity contribution in [3.8, 4) is 0 Å². The Labute approximate surface area is 52.0 Å². The smallest absolute Gasteiger partial charge is 0.0312 e. The molecule has 1 heterocycles. The molecule has 0 bridgehead atoms. The van der Waals surface area contributed by atoms with Gasteiger partial charge in [-0.25, -0.2) is 0 Å². The minimum atomic E-state index is 0.977. The number of rotatable bonds is 0. The second-order valence-electron chi connectivity index (χ2n) is 2.26. The quantitative estimate of drug-likeness (QED) is 0.501. The predicted octanol–water partition coefficient (Wildman–Crippen LogP) is 2.64. The van der Waals surface area contributed by atoms with Crippen molar-refractivity contribution in [1.82, 2.24) is 0 Å². The van der Waals surface area contributed by atoms with Crippen molar-refractivity contribution in [2.24, 2.45) is 0 Å². The van der Waals surface area contributed by atoms with Crippen LogP contribution in [0.2, 0.25) is 0 Å². The maximum absolute atomic E-state index is 2.27. The number of aryl methyl sites for hydroxylation is 3. The van der Waals surface area contributed by atoms with E-state index in [0.29, 0.717) is 0 Å². The lowest BCUT2D eigenvalue weighted by atomic mass is 10.3. The van der Waals surface area contributed by atoms with Crippen LogP contribution in [0.3, 0.4) is 0 Å². The van der Waals surface area contributed by atoms with Crippen LogP contribution < -0.4 is 0 Å². The molecule has 0 saturated carbocycles. The van der Waals surface area contributed by atoms with Gasteiger partial charge in [0.25, 0.3) is 0 Å². The van der Waals surface area contributed by atoms with E-state index in [4.69, 9.17) is 0 Å². The Bertz CT molecular complexity index is 167. The second kappa shape index (κ2) is 1.95. The Balaban J connectivity index is 3.14. The van der Waals surface area contributed by atoms with E-state index >= 15 is 0 Å². The van der Waals surface area contributed by atoms with Crippen LogP contribution in [0.15, 0.2) is 6.07 Å². The summed E-state index contributed by atoms with van der Waals surface area (Å²) in [5.41, 5.74) is 1.47. The van der Waals surface area contributed by atoms with E-state index < -0.39 is 0 Å². The van der Waals surface area contributed by atoms with Crippen molar-refractivity contribution >= 4 is 8.19 Å². The molecular formula is C7H11P. The zero-order valence-corrected chi connectivity index (χ0v) is 6.58. The maximum atomic E-state index is 2.27. The molecule has 0 aliphatic heterocycles. The van der Waals surface area contributed by atoms with Gasteiger partial charge in [-0.1, -0.05) is 6.07 Å². The minimum Gasteiger partial charge on any atom is -0.134 e. The third-order valence-corrected chi connectivity index (χ3v) is 2.72. The van der Waals surface area contributed by atoms with E-state index in [0.717, 1.165) is 8.19 Å². The lowest BCUT2D eigenvalue weighted by molar-refractivity contribution is 1.43. The molecule has 1 atom stereocenters. The molecule has 1 unspecified atom stereocenters. The Morgan fingerprint density at radius 3 is 2.00 bits per heavy atom. The molecule has 0 saturated heterocycles. The topological polar surface area (TPSA) is 0 Å². The van der Waals surface area contributed by atoms with E-state index in [1.165, 1.54) is 10.9 Å². The first-order chi connectivity index (χ1) is 3.70. The Kier molecular flexibility index (Phi) is 1.44. The summed E-state index contributed by atoms with van der Waals surface area (Å²) in [6, 6.07) is 2.27. The van der Waals surface area contributed by atoms with Crippen LogP contribution in [-0.4, -0.2) is 0 Å². The molecular weight excluding hydrogens is 115 g/mol. The van der Waals surface area contributed by atoms with Crippen LogP contribution in [0.25, 0.3) is 0 Å². The fraction of sp³-hybridized carbons (Fsp3) is 0.429. The highest BCUT2D eigenvalue weighted by molar-refractivity contribution is 7.32. The molecule has 0 nitrogen and oxygen atoms in total. The molecule has 0 aliphatic rings. The Morgan fingerprint density at radius 1 is 1.25 bits per heavy atom. The molecule has 0 spiro atoms. The van der Waals surface area contributed by atoms with E-state index in [1.807, 2.05) is 0 Å². The van der Waals surface area contributed by atoms with Gasteiger partial charge in [-0.05, 0) is 36.9 Å². The van der Waals surface area contributed by atoms with Crippen molar-refractivity contribution in [2.45, 2.75) is 20.8 Å². The van der Waals surface area contributed by atoms with Crippen LogP contribution in [0, 0.1) is 20.8 Å². The summed E-state index contributed by atoms with van der Waals surface area (Å²) in [5.74, 6) is 0. The highest BCUT2D eigenvalue weighted by Gasteiger charge is 1.92. The van der Waals surface area contributed by atoms with Crippen LogP contribution in [0.1, 0.15) is 16.2 Å². The lowest BCUT2D eigenvalue weighted by Gasteiger charge is -1.81. The molecule has 1 heteroatoms. The van der Waals surface area contributed by atoms with Gasteiger partial charge in [-0.3, -0.25) is 0 Å². The first-order valence-corrected chi connectivity index (χ1v) is 3.83. The molecule has 0 N–H and O–H groups in total. The van der Waals surface area contributed by atoms with Gasteiger partial charge in [-0.2, -0.15) is 0 Å². The highest BCUT2D eigenvalue weighted by Crippen LogP contribution is 2.24. The van der Waals surface area contributed by atoms with E-state index in [1.54, 1.807) is 5.30 Å². The standard InChI is InChI=1S/C7H11P/c1-5-4-6(2)8-7(5)3/h4,8H,1-3H3. The van der Waals surface area contributed by atoms with E-state index in [9.17, 15) is 0 Å². The molecule has 0 fully saturated rings. The zero-order valence-electron chi connectivity index (χ0n) is 5.58. The van der Waals surface area contributed by atoms with Gasteiger partial charge in [0.05, 0.1) is 0 Å². The first kappa shape index (κ1) is 5.91. The monoisotopic (exact) mass is 126 g/mol. The SMILES string of the molecule is Cc1cc(C)c(C)[pH]1. The summed E-state index contributed by atoms with van der Waals surface area (Å²) < 4.78 is 0. The average Bonchev–Trinajstić information content (AvgIpc) is 1.85. The van der Waals surface area contributed by atoms with Crippen LogP contribution >= 0.6 is 8.19 Å². The van der Waals surface area contributed by atoms with Gasteiger partial charge in [0.15, 0.2) is 0 Å². The fourth-order valence-corrected chi connectivity index (χ4v) is 2.01. The third kappa shape index (κ3) is 0.952. The number of hydrogen-bond acceptors (Lipinski definition) is 0. The summed E-state index contributed by atoms with van der Waals surface area (Å²) in [4.78, 5) is 0. The molecule has 8 heavy (non-hydrogen) atoms. The first-order valence-electron chi connectivity index (χ1n) is 2.83. The van der Waals surface area contributed by atoms with Crippen molar-refractivity contribution in [3.63, 3.8) is 0 Å². The molecule has 0 amide bonds. The summed E-state index contributed by atoms with van der Waals surface area (Å²) in [5, 5.41) is 3.09. The Hall–Kier alpha value is -0.220. The van der Waals surface area contributed by atoms with Crippen molar-refractivity contribution in [2.75, 3.05) is 0 Å². The van der Waals surface area contributed by atoms with Gasteiger partial charge in [0, 0.05) is 0 Å². The second-order valence-corrected chi connectivity index (χ2v) is 4.05. The van der Waals surface area contributed by atoms with E-state index in [-0.39, 0.29) is 0 Å². The Morgan fingerprint density at radius 2 is 1.88 bits per heavy atom. The number of hydrogen-bond donors (Lipinski definition) is 0. The summed E-state index contributed by atoms with van der Waals surface area (Å²) >= 11 is 0. The molecule has 1 rings (SSSR count). The third-order valence-electron chi connectivity index (χ3n) is 1.41. The van der Waals surface area contributed by atoms with Gasteiger partial charge in [0.1, 0.15) is 0 Å². The van der Waals surface area contributed by atoms with Gasteiger partial charge < -0.3 is 0 Å². The molecule has 1 aromatic heterocycles. The zero-order chi connectivity index (χ0) is 6.15. The average molecular weight is 126 g/mol. The molecule has 44 valence electrons. The summed E-state index contributed by atoms with van der Waals surface area (Å²) in [6.45, 7) is 6.58. The molecule has 0 aliphatic carbocycles. The largest absolute Gasteiger partial charge is 0.134 e. The van der Waals surface area contributed by atoms with Gasteiger partial charge in [-0.15, -0.1) is 8.19 Å². The van der Waals surface area contributed by atoms with Gasteiger partial charge in [0.2, 0.25) is 0 Å². The minimum absolute atomic E-state index is 0.977. The summed E-state index contributed by atoms with van der Waals surface area (Å²) in [6.07, 6.45) is 0. The molecule has 1 aromatic rings. The van der Waals surface area contributed by atoms with Gasteiger partial charge >= 0.3 is 0 Å².